The molecule has 0 fully saturated rings. The summed E-state index contributed by atoms with van der Waals surface area (Å²) in [5, 5.41) is 3.13. The van der Waals surface area contributed by atoms with E-state index in [1.807, 2.05) is 16.9 Å². The molecule has 2 aromatic heterocycles. The first kappa shape index (κ1) is 8.25. The Balaban J connectivity index is 2.14. The fourth-order valence-corrected chi connectivity index (χ4v) is 1.74. The maximum Gasteiger partial charge on any atom is 0.141 e. The van der Waals surface area contributed by atoms with Gasteiger partial charge >= 0.3 is 0 Å². The molecule has 0 spiro atoms. The van der Waals surface area contributed by atoms with Gasteiger partial charge in [0, 0.05) is 11.6 Å². The molecule has 0 aliphatic rings. The molecule has 0 aliphatic carbocycles. The fraction of sp³-hybridized carbons (Fsp3) is 0.250. The highest BCUT2D eigenvalue weighted by atomic mass is 32.1. The number of imidazole rings is 1. The van der Waals surface area contributed by atoms with E-state index in [4.69, 9.17) is 5.73 Å². The van der Waals surface area contributed by atoms with Crippen LogP contribution in [0.3, 0.4) is 0 Å². The zero-order chi connectivity index (χ0) is 9.26. The van der Waals surface area contributed by atoms with Gasteiger partial charge in [-0.25, -0.2) is 9.97 Å². The maximum atomic E-state index is 5.49. The molecule has 0 aliphatic heterocycles. The van der Waals surface area contributed by atoms with Crippen molar-refractivity contribution in [2.75, 3.05) is 5.73 Å². The Hall–Kier alpha value is -1.36. The van der Waals surface area contributed by atoms with Crippen LogP contribution in [0.1, 0.15) is 10.7 Å². The normalized spacial score (nSPS) is 10.5. The molecule has 0 saturated carbocycles. The third kappa shape index (κ3) is 1.86. The first-order valence-electron chi connectivity index (χ1n) is 3.92. The molecule has 2 N–H and O–H groups in total. The topological polar surface area (TPSA) is 56.7 Å². The molecule has 4 nitrogen and oxygen atoms in total. The number of rotatable bonds is 2. The minimum atomic E-state index is 0.548. The highest BCUT2D eigenvalue weighted by Crippen LogP contribution is 2.09. The summed E-state index contributed by atoms with van der Waals surface area (Å²) in [5.41, 5.74) is 6.54. The standard InChI is InChI=1S/C8H10N4S/c1-6-11-7(4-13-6)2-12-3-8(9)10-5-12/h3-5H,2,9H2,1H3. The van der Waals surface area contributed by atoms with Crippen LogP contribution in [0.15, 0.2) is 17.9 Å². The lowest BCUT2D eigenvalue weighted by Gasteiger charge is -1.95. The minimum Gasteiger partial charge on any atom is -0.382 e. The van der Waals surface area contributed by atoms with Gasteiger partial charge in [-0.2, -0.15) is 0 Å². The lowest BCUT2D eigenvalue weighted by molar-refractivity contribution is 0.777. The number of aromatic nitrogens is 3. The van der Waals surface area contributed by atoms with Gasteiger partial charge in [-0.1, -0.05) is 0 Å². The summed E-state index contributed by atoms with van der Waals surface area (Å²) < 4.78 is 1.92. The summed E-state index contributed by atoms with van der Waals surface area (Å²) >= 11 is 1.65. The quantitative estimate of drug-likeness (QED) is 0.783. The molecular formula is C8H10N4S. The molecule has 0 atom stereocenters. The summed E-state index contributed by atoms with van der Waals surface area (Å²) in [5.74, 6) is 0.548. The van der Waals surface area contributed by atoms with Crippen molar-refractivity contribution in [2.45, 2.75) is 13.5 Å². The van der Waals surface area contributed by atoms with Gasteiger partial charge in [0.05, 0.1) is 23.6 Å². The van der Waals surface area contributed by atoms with Crippen LogP contribution in [-0.2, 0) is 6.54 Å². The van der Waals surface area contributed by atoms with Crippen molar-refractivity contribution in [2.24, 2.45) is 0 Å². The molecule has 0 amide bonds. The van der Waals surface area contributed by atoms with E-state index in [9.17, 15) is 0 Å². The lowest BCUT2D eigenvalue weighted by Crippen LogP contribution is -1.96. The maximum absolute atomic E-state index is 5.49. The summed E-state index contributed by atoms with van der Waals surface area (Å²) in [6.07, 6.45) is 3.51. The van der Waals surface area contributed by atoms with E-state index in [0.29, 0.717) is 5.82 Å². The van der Waals surface area contributed by atoms with E-state index in [2.05, 4.69) is 9.97 Å². The number of thiazole rings is 1. The molecule has 0 saturated heterocycles. The summed E-state index contributed by atoms with van der Waals surface area (Å²) in [6.45, 7) is 2.74. The number of nitrogen functional groups attached to an aromatic ring is 1. The first-order valence-corrected chi connectivity index (χ1v) is 4.80. The summed E-state index contributed by atoms with van der Waals surface area (Å²) in [4.78, 5) is 8.28. The molecule has 0 unspecified atom stereocenters. The Labute approximate surface area is 80.1 Å². The Bertz CT molecular complexity index is 365. The van der Waals surface area contributed by atoms with Crippen molar-refractivity contribution in [1.29, 1.82) is 0 Å². The average Bonchev–Trinajstić information content (AvgIpc) is 2.62. The molecule has 13 heavy (non-hydrogen) atoms. The predicted octanol–water partition coefficient (Wildman–Crippen LogP) is 1.28. The second kappa shape index (κ2) is 3.18. The number of nitrogens with two attached hydrogens (primary N) is 1. The highest BCUT2D eigenvalue weighted by Gasteiger charge is 1.99. The smallest absolute Gasteiger partial charge is 0.141 e. The molecule has 2 rings (SSSR count). The van der Waals surface area contributed by atoms with E-state index in [1.54, 1.807) is 23.9 Å². The number of hydrogen-bond donors (Lipinski definition) is 1. The largest absolute Gasteiger partial charge is 0.382 e. The van der Waals surface area contributed by atoms with E-state index in [1.165, 1.54) is 0 Å². The first-order chi connectivity index (χ1) is 6.24. The minimum absolute atomic E-state index is 0.548. The Morgan fingerprint density at radius 3 is 3.00 bits per heavy atom. The van der Waals surface area contributed by atoms with Gasteiger partial charge in [-0.3, -0.25) is 0 Å². The van der Waals surface area contributed by atoms with E-state index >= 15 is 0 Å². The van der Waals surface area contributed by atoms with Gasteiger partial charge in [0.1, 0.15) is 5.82 Å². The number of aryl methyl sites for hydroxylation is 1. The molecular weight excluding hydrogens is 184 g/mol. The van der Waals surface area contributed by atoms with Crippen molar-refractivity contribution in [3.8, 4) is 0 Å². The molecule has 2 aromatic rings. The van der Waals surface area contributed by atoms with Crippen LogP contribution < -0.4 is 5.73 Å². The third-order valence-corrected chi connectivity index (χ3v) is 2.49. The molecule has 0 radical (unpaired) electrons. The van der Waals surface area contributed by atoms with E-state index in [0.717, 1.165) is 17.2 Å². The number of anilines is 1. The third-order valence-electron chi connectivity index (χ3n) is 1.66. The van der Waals surface area contributed by atoms with Crippen LogP contribution in [0.4, 0.5) is 5.82 Å². The van der Waals surface area contributed by atoms with Crippen molar-refractivity contribution < 1.29 is 0 Å². The SMILES string of the molecule is Cc1nc(Cn2cnc(N)c2)cs1. The van der Waals surface area contributed by atoms with Crippen LogP contribution >= 0.6 is 11.3 Å². The average molecular weight is 194 g/mol. The molecule has 68 valence electrons. The van der Waals surface area contributed by atoms with E-state index < -0.39 is 0 Å². The van der Waals surface area contributed by atoms with Crippen LogP contribution in [-0.4, -0.2) is 14.5 Å². The van der Waals surface area contributed by atoms with Crippen LogP contribution in [0.5, 0.6) is 0 Å². The highest BCUT2D eigenvalue weighted by molar-refractivity contribution is 7.09. The van der Waals surface area contributed by atoms with Gasteiger partial charge in [0.25, 0.3) is 0 Å². The van der Waals surface area contributed by atoms with Crippen molar-refractivity contribution in [1.82, 2.24) is 14.5 Å². The second-order valence-corrected chi connectivity index (χ2v) is 3.89. The monoisotopic (exact) mass is 194 g/mol. The molecule has 0 aromatic carbocycles. The van der Waals surface area contributed by atoms with Gasteiger partial charge in [-0.15, -0.1) is 11.3 Å². The summed E-state index contributed by atoms with van der Waals surface area (Å²) in [6, 6.07) is 0. The van der Waals surface area contributed by atoms with Crippen LogP contribution in [0.2, 0.25) is 0 Å². The Morgan fingerprint density at radius 1 is 1.62 bits per heavy atom. The van der Waals surface area contributed by atoms with Gasteiger partial charge in [0.2, 0.25) is 0 Å². The fourth-order valence-electron chi connectivity index (χ4n) is 1.13. The lowest BCUT2D eigenvalue weighted by atomic mass is 10.5. The van der Waals surface area contributed by atoms with Crippen molar-refractivity contribution >= 4 is 17.2 Å². The number of nitrogens with zero attached hydrogens (tertiary/aromatic N) is 3. The van der Waals surface area contributed by atoms with Gasteiger partial charge < -0.3 is 10.3 Å². The van der Waals surface area contributed by atoms with Crippen molar-refractivity contribution in [3.05, 3.63) is 28.6 Å². The molecule has 5 heteroatoms. The summed E-state index contributed by atoms with van der Waals surface area (Å²) in [7, 11) is 0. The molecule has 0 bridgehead atoms. The zero-order valence-corrected chi connectivity index (χ0v) is 8.08. The zero-order valence-electron chi connectivity index (χ0n) is 7.27. The van der Waals surface area contributed by atoms with Crippen molar-refractivity contribution in [3.63, 3.8) is 0 Å². The van der Waals surface area contributed by atoms with Crippen LogP contribution in [0, 0.1) is 6.92 Å². The van der Waals surface area contributed by atoms with Gasteiger partial charge in [0.15, 0.2) is 0 Å². The second-order valence-electron chi connectivity index (χ2n) is 2.83. The molecule has 2 heterocycles. The number of hydrogen-bond acceptors (Lipinski definition) is 4. The Morgan fingerprint density at radius 2 is 2.46 bits per heavy atom. The van der Waals surface area contributed by atoms with Crippen LogP contribution in [0.25, 0.3) is 0 Å². The Kier molecular flexibility index (Phi) is 2.02. The van der Waals surface area contributed by atoms with Gasteiger partial charge in [-0.05, 0) is 6.92 Å². The van der Waals surface area contributed by atoms with E-state index in [-0.39, 0.29) is 0 Å². The predicted molar refractivity (Wildman–Crippen MR) is 52.6 cm³/mol.